The highest BCUT2D eigenvalue weighted by Gasteiger charge is 2.28. The van der Waals surface area contributed by atoms with Crippen LogP contribution >= 0.6 is 7.82 Å². The Kier molecular flexibility index (Phi) is 4.69. The minimum Gasteiger partial charge on any atom is -0.475 e. The highest BCUT2D eigenvalue weighted by atomic mass is 31.2. The summed E-state index contributed by atoms with van der Waals surface area (Å²) in [4.78, 5) is 10.4. The van der Waals surface area contributed by atoms with Crippen LogP contribution in [0.25, 0.3) is 0 Å². The molecule has 13 heavy (non-hydrogen) atoms. The van der Waals surface area contributed by atoms with Gasteiger partial charge in [0.25, 0.3) is 0 Å². The van der Waals surface area contributed by atoms with E-state index in [1.54, 1.807) is 0 Å². The fourth-order valence-corrected chi connectivity index (χ4v) is 1.21. The van der Waals surface area contributed by atoms with Gasteiger partial charge in [-0.05, 0) is 13.0 Å². The largest absolute Gasteiger partial charge is 0.529 e. The summed E-state index contributed by atoms with van der Waals surface area (Å²) < 4.78 is 24.5. The van der Waals surface area contributed by atoms with Crippen molar-refractivity contribution in [3.8, 4) is 0 Å². The molecule has 0 radical (unpaired) electrons. The second kappa shape index (κ2) is 5.01. The summed E-state index contributed by atoms with van der Waals surface area (Å²) in [5.41, 5.74) is 0. The molecule has 0 saturated heterocycles. The first-order chi connectivity index (χ1) is 5.99. The molecule has 0 aromatic carbocycles. The Hall–Kier alpha value is -0.840. The molecule has 0 aliphatic carbocycles. The summed E-state index contributed by atoms with van der Waals surface area (Å²) in [5.74, 6) is -1.82. The van der Waals surface area contributed by atoms with Crippen LogP contribution in [0, 0.1) is 0 Å². The van der Waals surface area contributed by atoms with Crippen LogP contribution in [0.2, 0.25) is 0 Å². The van der Waals surface area contributed by atoms with E-state index in [4.69, 9.17) is 5.11 Å². The first kappa shape index (κ1) is 12.2. The van der Waals surface area contributed by atoms with Crippen LogP contribution in [-0.2, 0) is 22.9 Å². The van der Waals surface area contributed by atoms with Gasteiger partial charge in [-0.3, -0.25) is 9.05 Å². The Morgan fingerprint density at radius 2 is 1.85 bits per heavy atom. The van der Waals surface area contributed by atoms with Gasteiger partial charge in [0, 0.05) is 14.2 Å². The summed E-state index contributed by atoms with van der Waals surface area (Å²) in [6.07, 6.45) is 1.15. The fourth-order valence-electron chi connectivity index (χ4n) is 0.485. The molecule has 1 N–H and O–H groups in total. The molecule has 0 spiro atoms. The van der Waals surface area contributed by atoms with Gasteiger partial charge in [0.2, 0.25) is 5.76 Å². The Balaban J connectivity index is 4.58. The summed E-state index contributed by atoms with van der Waals surface area (Å²) in [6.45, 7) is 1.43. The highest BCUT2D eigenvalue weighted by molar-refractivity contribution is 7.48. The Morgan fingerprint density at radius 1 is 1.38 bits per heavy atom. The molecule has 0 heterocycles. The molecule has 0 aliphatic heterocycles. The van der Waals surface area contributed by atoms with E-state index in [2.05, 4.69) is 13.6 Å². The van der Waals surface area contributed by atoms with Crippen LogP contribution in [0.5, 0.6) is 0 Å². The third-order valence-corrected chi connectivity index (χ3v) is 2.45. The Bertz CT molecular complexity index is 250. The summed E-state index contributed by atoms with van der Waals surface area (Å²) >= 11 is 0. The lowest BCUT2D eigenvalue weighted by atomic mass is 10.5. The number of rotatable bonds is 5. The molecular weight excluding hydrogens is 199 g/mol. The van der Waals surface area contributed by atoms with Crippen molar-refractivity contribution in [2.75, 3.05) is 14.2 Å². The zero-order chi connectivity index (χ0) is 10.5. The highest BCUT2D eigenvalue weighted by Crippen LogP contribution is 2.49. The van der Waals surface area contributed by atoms with Gasteiger partial charge in [0.15, 0.2) is 0 Å². The van der Waals surface area contributed by atoms with Crippen molar-refractivity contribution >= 4 is 13.8 Å². The fraction of sp³-hybridized carbons (Fsp3) is 0.500. The van der Waals surface area contributed by atoms with Crippen LogP contribution < -0.4 is 0 Å². The van der Waals surface area contributed by atoms with Gasteiger partial charge in [-0.25, -0.2) is 9.36 Å². The quantitative estimate of drug-likeness (QED) is 0.419. The van der Waals surface area contributed by atoms with E-state index in [1.165, 1.54) is 6.92 Å². The number of phosphoric ester groups is 1. The average Bonchev–Trinajstić information content (AvgIpc) is 2.13. The van der Waals surface area contributed by atoms with Crippen LogP contribution in [0.1, 0.15) is 6.92 Å². The molecule has 0 aromatic rings. The lowest BCUT2D eigenvalue weighted by Crippen LogP contribution is -2.05. The smallest absolute Gasteiger partial charge is 0.475 e. The van der Waals surface area contributed by atoms with Crippen molar-refractivity contribution in [3.63, 3.8) is 0 Å². The van der Waals surface area contributed by atoms with E-state index in [1.807, 2.05) is 0 Å². The molecule has 6 nitrogen and oxygen atoms in total. The van der Waals surface area contributed by atoms with Crippen LogP contribution in [-0.4, -0.2) is 25.3 Å². The Morgan fingerprint density at radius 3 is 2.08 bits per heavy atom. The van der Waals surface area contributed by atoms with E-state index >= 15 is 0 Å². The van der Waals surface area contributed by atoms with Crippen molar-refractivity contribution in [1.29, 1.82) is 0 Å². The van der Waals surface area contributed by atoms with Crippen LogP contribution in [0.3, 0.4) is 0 Å². The van der Waals surface area contributed by atoms with Gasteiger partial charge in [0.1, 0.15) is 0 Å². The van der Waals surface area contributed by atoms with Crippen molar-refractivity contribution in [1.82, 2.24) is 0 Å². The monoisotopic (exact) mass is 210 g/mol. The van der Waals surface area contributed by atoms with Crippen molar-refractivity contribution in [3.05, 3.63) is 11.8 Å². The summed E-state index contributed by atoms with van der Waals surface area (Å²) in [7, 11) is -1.56. The minimum absolute atomic E-state index is 0.480. The SMILES string of the molecule is CC=C(OP(=O)(OC)OC)C(=O)O. The number of allylic oxidation sites excluding steroid dienone is 1. The van der Waals surface area contributed by atoms with Crippen LogP contribution in [0.4, 0.5) is 0 Å². The molecule has 0 amide bonds. The second-order valence-corrected chi connectivity index (χ2v) is 3.67. The molecule has 0 saturated carbocycles. The van der Waals surface area contributed by atoms with Gasteiger partial charge >= 0.3 is 13.8 Å². The van der Waals surface area contributed by atoms with Gasteiger partial charge in [-0.2, -0.15) is 0 Å². The van der Waals surface area contributed by atoms with Gasteiger partial charge in [-0.1, -0.05) is 0 Å². The van der Waals surface area contributed by atoms with E-state index in [-0.39, 0.29) is 0 Å². The topological polar surface area (TPSA) is 82.1 Å². The van der Waals surface area contributed by atoms with Crippen LogP contribution in [0.15, 0.2) is 11.8 Å². The lowest BCUT2D eigenvalue weighted by molar-refractivity contribution is -0.135. The molecule has 0 fully saturated rings. The van der Waals surface area contributed by atoms with Gasteiger partial charge in [0.05, 0.1) is 0 Å². The van der Waals surface area contributed by atoms with Gasteiger partial charge in [-0.15, -0.1) is 0 Å². The number of carboxylic acid groups (broad SMARTS) is 1. The third kappa shape index (κ3) is 3.59. The van der Waals surface area contributed by atoms with E-state index in [9.17, 15) is 9.36 Å². The van der Waals surface area contributed by atoms with E-state index < -0.39 is 19.6 Å². The maximum Gasteiger partial charge on any atom is 0.529 e. The molecule has 0 aromatic heterocycles. The molecule has 0 aliphatic rings. The predicted octanol–water partition coefficient (Wildman–Crippen LogP) is 1.39. The molecule has 0 atom stereocenters. The molecular formula is C6H11O6P. The first-order valence-corrected chi connectivity index (χ1v) is 4.76. The molecule has 76 valence electrons. The normalized spacial score (nSPS) is 12.7. The first-order valence-electron chi connectivity index (χ1n) is 3.29. The number of aliphatic carboxylic acids is 1. The van der Waals surface area contributed by atoms with E-state index in [0.29, 0.717) is 0 Å². The maximum absolute atomic E-state index is 11.3. The number of carboxylic acids is 1. The standard InChI is InChI=1S/C6H11O6P/c1-4-5(6(7)8)12-13(9,10-2)11-3/h4H,1-3H3,(H,7,8). The van der Waals surface area contributed by atoms with Crippen molar-refractivity contribution in [2.24, 2.45) is 0 Å². The maximum atomic E-state index is 11.3. The molecule has 0 rings (SSSR count). The second-order valence-electron chi connectivity index (χ2n) is 1.86. The summed E-state index contributed by atoms with van der Waals surface area (Å²) in [6, 6.07) is 0. The third-order valence-electron chi connectivity index (χ3n) is 1.13. The number of carbonyl (C=O) groups is 1. The number of phosphoric acid groups is 1. The predicted molar refractivity (Wildman–Crippen MR) is 44.1 cm³/mol. The van der Waals surface area contributed by atoms with E-state index in [0.717, 1.165) is 20.3 Å². The average molecular weight is 210 g/mol. The number of hydrogen-bond acceptors (Lipinski definition) is 5. The summed E-state index contributed by atoms with van der Waals surface area (Å²) in [5, 5.41) is 8.50. The zero-order valence-electron chi connectivity index (χ0n) is 7.51. The Labute approximate surface area is 75.7 Å². The minimum atomic E-state index is -3.76. The van der Waals surface area contributed by atoms with Crippen molar-refractivity contribution in [2.45, 2.75) is 6.92 Å². The molecule has 7 heteroatoms. The van der Waals surface area contributed by atoms with Gasteiger partial charge < -0.3 is 9.63 Å². The zero-order valence-corrected chi connectivity index (χ0v) is 8.41. The number of hydrogen-bond donors (Lipinski definition) is 1. The van der Waals surface area contributed by atoms with Crippen molar-refractivity contribution < 1.29 is 28.0 Å². The lowest BCUT2D eigenvalue weighted by Gasteiger charge is -2.13. The molecule has 0 unspecified atom stereocenters. The molecule has 0 bridgehead atoms.